The number of thiophene rings is 1. The van der Waals surface area contributed by atoms with E-state index < -0.39 is 23.1 Å². The number of hydrogen-bond donors (Lipinski definition) is 2. The molecule has 3 heterocycles. The maximum absolute atomic E-state index is 14.8. The lowest BCUT2D eigenvalue weighted by molar-refractivity contribution is 0.0452. The van der Waals surface area contributed by atoms with Crippen LogP contribution in [-0.2, 0) is 11.3 Å². The minimum Gasteiger partial charge on any atom is -0.444 e. The highest BCUT2D eigenvalue weighted by molar-refractivity contribution is 7.18. The molecular formula is C33H36FN5O4S. The number of nitrogens with zero attached hydrogens (tertiary/aromatic N) is 4. The van der Waals surface area contributed by atoms with Crippen molar-refractivity contribution in [3.05, 3.63) is 70.8 Å². The lowest BCUT2D eigenvalue weighted by atomic mass is 10.0. The summed E-state index contributed by atoms with van der Waals surface area (Å²) in [5, 5.41) is 18.5. The van der Waals surface area contributed by atoms with Crippen LogP contribution in [-0.4, -0.2) is 62.1 Å². The monoisotopic (exact) mass is 617 g/mol. The Morgan fingerprint density at radius 2 is 1.91 bits per heavy atom. The maximum Gasteiger partial charge on any atom is 0.407 e. The Morgan fingerprint density at radius 1 is 1.16 bits per heavy atom. The molecule has 1 aliphatic heterocycles. The first-order chi connectivity index (χ1) is 20.7. The van der Waals surface area contributed by atoms with Gasteiger partial charge in [0.25, 0.3) is 5.91 Å². The first kappa shape index (κ1) is 31.2. The third-order valence-corrected chi connectivity index (χ3v) is 8.36. The fourth-order valence-corrected chi connectivity index (χ4v) is 6.47. The van der Waals surface area contributed by atoms with Crippen LogP contribution in [0.1, 0.15) is 57.1 Å². The first-order valence-corrected chi connectivity index (χ1v) is 15.3. The van der Waals surface area contributed by atoms with Gasteiger partial charge in [0.2, 0.25) is 5.69 Å². The van der Waals surface area contributed by atoms with Gasteiger partial charge in [-0.05, 0) is 82.9 Å². The van der Waals surface area contributed by atoms with E-state index in [9.17, 15) is 19.1 Å². The molecule has 11 heteroatoms. The van der Waals surface area contributed by atoms with Crippen molar-refractivity contribution in [3.8, 4) is 21.6 Å². The molecule has 1 fully saturated rings. The van der Waals surface area contributed by atoms with Gasteiger partial charge in [0.15, 0.2) is 0 Å². The van der Waals surface area contributed by atoms with Gasteiger partial charge in [-0.25, -0.2) is 14.0 Å². The second-order valence-electron chi connectivity index (χ2n) is 12.8. The predicted molar refractivity (Wildman–Crippen MR) is 169 cm³/mol. The van der Waals surface area contributed by atoms with E-state index in [0.717, 1.165) is 34.2 Å². The molecule has 5 rings (SSSR count). The van der Waals surface area contributed by atoms with E-state index in [2.05, 4.69) is 15.3 Å². The largest absolute Gasteiger partial charge is 0.444 e. The van der Waals surface area contributed by atoms with Crippen LogP contribution in [0, 0.1) is 12.4 Å². The third kappa shape index (κ3) is 7.09. The molecule has 230 valence electrons. The number of carbonyl (C=O) groups excluding carboxylic acids is 2. The smallest absolute Gasteiger partial charge is 0.407 e. The molecule has 2 aromatic carbocycles. The number of likely N-dealkylation sites (tertiary alicyclic amines) is 1. The number of piperidine rings is 1. The summed E-state index contributed by atoms with van der Waals surface area (Å²) >= 11 is 1.32. The average molecular weight is 618 g/mol. The minimum atomic E-state index is -0.939. The number of ether oxygens (including phenoxy) is 1. The molecule has 44 heavy (non-hydrogen) atoms. The molecular weight excluding hydrogens is 581 g/mol. The molecule has 1 atom stereocenters. The second kappa shape index (κ2) is 12.0. The molecule has 0 radical (unpaired) electrons. The summed E-state index contributed by atoms with van der Waals surface area (Å²) in [6.45, 7) is 17.3. The van der Waals surface area contributed by atoms with Crippen LogP contribution in [0.3, 0.4) is 0 Å². The van der Waals surface area contributed by atoms with Crippen molar-refractivity contribution in [1.29, 1.82) is 0 Å². The normalized spacial score (nSPS) is 15.7. The number of halogens is 1. The Kier molecular flexibility index (Phi) is 8.51. The van der Waals surface area contributed by atoms with Gasteiger partial charge >= 0.3 is 6.09 Å². The van der Waals surface area contributed by atoms with Gasteiger partial charge in [-0.3, -0.25) is 9.48 Å². The molecule has 0 aliphatic carbocycles. The van der Waals surface area contributed by atoms with Crippen molar-refractivity contribution >= 4 is 39.9 Å². The van der Waals surface area contributed by atoms with Crippen LogP contribution >= 0.6 is 11.3 Å². The Bertz CT molecular complexity index is 1760. The van der Waals surface area contributed by atoms with Gasteiger partial charge in [0.1, 0.15) is 11.4 Å². The van der Waals surface area contributed by atoms with Gasteiger partial charge in [-0.15, -0.1) is 11.3 Å². The molecule has 0 saturated carbocycles. The summed E-state index contributed by atoms with van der Waals surface area (Å²) < 4.78 is 21.9. The van der Waals surface area contributed by atoms with Crippen molar-refractivity contribution in [2.45, 2.75) is 71.2 Å². The molecule has 1 aliphatic rings. The van der Waals surface area contributed by atoms with E-state index in [1.807, 2.05) is 18.2 Å². The summed E-state index contributed by atoms with van der Waals surface area (Å²) in [5.41, 5.74) is 1.29. The van der Waals surface area contributed by atoms with E-state index in [4.69, 9.17) is 11.3 Å². The molecule has 2 aromatic heterocycles. The number of rotatable bonds is 6. The highest BCUT2D eigenvalue weighted by Crippen LogP contribution is 2.42. The number of nitrogens with one attached hydrogen (secondary N) is 1. The zero-order valence-corrected chi connectivity index (χ0v) is 26.3. The highest BCUT2D eigenvalue weighted by Gasteiger charge is 2.29. The van der Waals surface area contributed by atoms with Crippen LogP contribution in [0.4, 0.5) is 14.9 Å². The van der Waals surface area contributed by atoms with Crippen molar-refractivity contribution in [2.24, 2.45) is 0 Å². The summed E-state index contributed by atoms with van der Waals surface area (Å²) in [5.74, 6) is -0.798. The highest BCUT2D eigenvalue weighted by atomic mass is 32.1. The number of amides is 2. The zero-order valence-electron chi connectivity index (χ0n) is 25.5. The van der Waals surface area contributed by atoms with Crippen LogP contribution in [0.5, 0.6) is 0 Å². The van der Waals surface area contributed by atoms with E-state index in [-0.39, 0.29) is 17.6 Å². The van der Waals surface area contributed by atoms with Gasteiger partial charge in [-0.1, -0.05) is 18.2 Å². The zero-order chi connectivity index (χ0) is 31.8. The molecule has 1 saturated heterocycles. The third-order valence-electron chi connectivity index (χ3n) is 7.19. The summed E-state index contributed by atoms with van der Waals surface area (Å²) in [6.07, 6.45) is 2.69. The van der Waals surface area contributed by atoms with Gasteiger partial charge in [0, 0.05) is 35.0 Å². The number of aromatic nitrogens is 2. The number of fused-ring (bicyclic) bond motifs is 1. The molecule has 0 bridgehead atoms. The van der Waals surface area contributed by atoms with Crippen LogP contribution in [0.15, 0.2) is 48.7 Å². The standard InChI is InChI=1S/C33H36FN5O4S/c1-32(2,3)43-31(41)37-23-8-7-13-38(18-23)30(40)28-16-24(20-9-11-26(35-6)25(34)15-20)29(44-28)21-10-12-27-22(14-21)17-36-39(27)19-33(4,5)42/h9-12,14-17,23,42H,7-8,13,18-19H2,1-5H3,(H,37,41)/t23-/m1/s1. The van der Waals surface area contributed by atoms with Crippen molar-refractivity contribution in [1.82, 2.24) is 20.0 Å². The number of alkyl carbamates (subject to hydrolysis) is 1. The van der Waals surface area contributed by atoms with Gasteiger partial charge in [0.05, 0.1) is 35.3 Å². The molecule has 4 aromatic rings. The topological polar surface area (TPSA) is 101 Å². The molecule has 9 nitrogen and oxygen atoms in total. The van der Waals surface area contributed by atoms with Crippen LogP contribution in [0.2, 0.25) is 0 Å². The van der Waals surface area contributed by atoms with Crippen LogP contribution in [0.25, 0.3) is 37.3 Å². The molecule has 2 amide bonds. The second-order valence-corrected chi connectivity index (χ2v) is 13.8. The van der Waals surface area contributed by atoms with E-state index in [1.54, 1.807) is 62.5 Å². The SMILES string of the molecule is [C-]#[N+]c1ccc(-c2cc(C(=O)N3CCC[C@@H](NC(=O)OC(C)(C)C)C3)sc2-c2ccc3c(cnn3CC(C)(C)O)c2)cc1F. The summed E-state index contributed by atoms with van der Waals surface area (Å²) in [6, 6.07) is 11.8. The van der Waals surface area contributed by atoms with Crippen molar-refractivity contribution in [3.63, 3.8) is 0 Å². The number of aliphatic hydroxyl groups is 1. The molecule has 2 N–H and O–H groups in total. The predicted octanol–water partition coefficient (Wildman–Crippen LogP) is 7.02. The first-order valence-electron chi connectivity index (χ1n) is 14.5. The Labute approximate surface area is 260 Å². The minimum absolute atomic E-state index is 0.0701. The van der Waals surface area contributed by atoms with E-state index in [0.29, 0.717) is 35.6 Å². The maximum atomic E-state index is 14.8. The Hall–Kier alpha value is -4.27. The quantitative estimate of drug-likeness (QED) is 0.227. The fraction of sp³-hybridized carbons (Fsp3) is 0.394. The number of hydrogen-bond acceptors (Lipinski definition) is 6. The lowest BCUT2D eigenvalue weighted by Crippen LogP contribution is -2.50. The lowest BCUT2D eigenvalue weighted by Gasteiger charge is -2.33. The molecule has 0 spiro atoms. The molecule has 0 unspecified atom stereocenters. The van der Waals surface area contributed by atoms with E-state index in [1.165, 1.54) is 23.5 Å². The summed E-state index contributed by atoms with van der Waals surface area (Å²) in [7, 11) is 0. The van der Waals surface area contributed by atoms with Gasteiger partial charge < -0.3 is 20.1 Å². The average Bonchev–Trinajstić information content (AvgIpc) is 3.55. The van der Waals surface area contributed by atoms with E-state index >= 15 is 0 Å². The van der Waals surface area contributed by atoms with Gasteiger partial charge in [-0.2, -0.15) is 5.10 Å². The van der Waals surface area contributed by atoms with Crippen molar-refractivity contribution in [2.75, 3.05) is 13.1 Å². The number of benzene rings is 2. The Balaban J connectivity index is 1.48. The summed E-state index contributed by atoms with van der Waals surface area (Å²) in [4.78, 5) is 32.5. The fourth-order valence-electron chi connectivity index (χ4n) is 5.32. The Morgan fingerprint density at radius 3 is 2.59 bits per heavy atom. The van der Waals surface area contributed by atoms with Crippen molar-refractivity contribution < 1.29 is 23.8 Å². The van der Waals surface area contributed by atoms with Crippen LogP contribution < -0.4 is 5.32 Å². The number of carbonyl (C=O) groups is 2.